The van der Waals surface area contributed by atoms with Gasteiger partial charge in [0, 0.05) is 10.8 Å². The summed E-state index contributed by atoms with van der Waals surface area (Å²) in [4.78, 5) is 42.8. The molecular formula is C22H15F3N2O3S2. The molecule has 5 nitrogen and oxygen atoms in total. The van der Waals surface area contributed by atoms with E-state index in [4.69, 9.17) is 0 Å². The Kier molecular flexibility index (Phi) is 4.82. The molecule has 1 aromatic heterocycles. The second-order valence-corrected chi connectivity index (χ2v) is 9.89. The molecule has 0 aliphatic carbocycles. The summed E-state index contributed by atoms with van der Waals surface area (Å²) in [5.74, 6) is -2.53. The fraction of sp³-hybridized carbons (Fsp3) is 0.227. The van der Waals surface area contributed by atoms with Crippen molar-refractivity contribution in [1.82, 2.24) is 4.98 Å². The standard InChI is InChI=1S/C22H15F3N2O3S2/c1-10-5-7-11(8-6-10)14-15-17(31-18-16(14)32-21(30)26-18)20(29)27(19(15)28)13-4-2-3-12(9-13)22(23,24)25/h2-9,14-15,17H,1H3,(H,26,30)/t14-,15-,17-/m0/s1. The number of benzene rings is 2. The number of fused-ring (bicyclic) bond motifs is 2. The lowest BCUT2D eigenvalue weighted by Crippen LogP contribution is -2.32. The summed E-state index contributed by atoms with van der Waals surface area (Å²) in [6, 6.07) is 11.7. The summed E-state index contributed by atoms with van der Waals surface area (Å²) >= 11 is 2.08. The Morgan fingerprint density at radius 1 is 1.00 bits per heavy atom. The van der Waals surface area contributed by atoms with Gasteiger partial charge in [0.1, 0.15) is 5.25 Å². The maximum atomic E-state index is 13.5. The summed E-state index contributed by atoms with van der Waals surface area (Å²) in [6.45, 7) is 1.92. The zero-order valence-electron chi connectivity index (χ0n) is 16.5. The number of rotatable bonds is 2. The zero-order valence-corrected chi connectivity index (χ0v) is 18.1. The molecule has 1 N–H and O–H groups in total. The van der Waals surface area contributed by atoms with Gasteiger partial charge in [-0.25, -0.2) is 4.90 Å². The number of aryl methyl sites for hydroxylation is 1. The lowest BCUT2D eigenvalue weighted by molar-refractivity contribution is -0.137. The first-order valence-corrected chi connectivity index (χ1v) is 11.4. The number of imide groups is 1. The molecule has 3 atom stereocenters. The molecule has 0 unspecified atom stereocenters. The highest BCUT2D eigenvalue weighted by atomic mass is 32.2. The molecule has 0 bridgehead atoms. The molecule has 2 aliphatic heterocycles. The number of hydrogen-bond acceptors (Lipinski definition) is 5. The van der Waals surface area contributed by atoms with Crippen LogP contribution >= 0.6 is 23.1 Å². The molecule has 3 heterocycles. The van der Waals surface area contributed by atoms with Crippen LogP contribution in [0, 0.1) is 12.8 Å². The van der Waals surface area contributed by atoms with Crippen molar-refractivity contribution in [1.29, 1.82) is 0 Å². The first-order valence-electron chi connectivity index (χ1n) is 9.66. The number of H-pyrrole nitrogens is 1. The molecule has 0 radical (unpaired) electrons. The van der Waals surface area contributed by atoms with E-state index in [2.05, 4.69) is 4.98 Å². The molecule has 0 spiro atoms. The molecule has 3 aromatic rings. The minimum Gasteiger partial charge on any atom is -0.307 e. The van der Waals surface area contributed by atoms with Crippen molar-refractivity contribution < 1.29 is 22.8 Å². The number of nitrogens with zero attached hydrogens (tertiary/aromatic N) is 1. The minimum atomic E-state index is -4.60. The van der Waals surface area contributed by atoms with E-state index in [1.54, 1.807) is 0 Å². The van der Waals surface area contributed by atoms with E-state index >= 15 is 0 Å². The van der Waals surface area contributed by atoms with Crippen molar-refractivity contribution in [3.63, 3.8) is 0 Å². The average Bonchev–Trinajstić information content (AvgIpc) is 3.23. The van der Waals surface area contributed by atoms with Gasteiger partial charge in [0.25, 0.3) is 0 Å². The fourth-order valence-corrected chi connectivity index (χ4v) is 6.74. The van der Waals surface area contributed by atoms with Gasteiger partial charge < -0.3 is 4.98 Å². The third-order valence-corrected chi connectivity index (χ3v) is 8.09. The number of nitrogens with one attached hydrogen (secondary N) is 1. The van der Waals surface area contributed by atoms with Crippen molar-refractivity contribution in [2.45, 2.75) is 29.3 Å². The molecule has 0 saturated carbocycles. The largest absolute Gasteiger partial charge is 0.416 e. The molecule has 32 heavy (non-hydrogen) atoms. The number of carbonyl (C=O) groups is 2. The van der Waals surface area contributed by atoms with E-state index in [0.717, 1.165) is 51.3 Å². The normalized spacial score (nSPS) is 22.8. The van der Waals surface area contributed by atoms with E-state index in [1.807, 2.05) is 31.2 Å². The summed E-state index contributed by atoms with van der Waals surface area (Å²) in [7, 11) is 0. The Morgan fingerprint density at radius 2 is 1.72 bits per heavy atom. The van der Waals surface area contributed by atoms with Gasteiger partial charge >= 0.3 is 11.0 Å². The quantitative estimate of drug-likeness (QED) is 0.551. The smallest absolute Gasteiger partial charge is 0.307 e. The van der Waals surface area contributed by atoms with E-state index in [9.17, 15) is 27.6 Å². The summed E-state index contributed by atoms with van der Waals surface area (Å²) in [5, 5.41) is -0.319. The molecule has 5 rings (SSSR count). The topological polar surface area (TPSA) is 70.2 Å². The van der Waals surface area contributed by atoms with Gasteiger partial charge in [0.05, 0.1) is 22.2 Å². The molecule has 2 aromatic carbocycles. The predicted molar refractivity (Wildman–Crippen MR) is 115 cm³/mol. The van der Waals surface area contributed by atoms with Crippen LogP contribution < -0.4 is 9.77 Å². The van der Waals surface area contributed by atoms with Crippen LogP contribution in [0.15, 0.2) is 58.4 Å². The molecule has 1 fully saturated rings. The summed E-state index contributed by atoms with van der Waals surface area (Å²) < 4.78 is 39.6. The number of halogens is 3. The number of alkyl halides is 3. The SMILES string of the molecule is Cc1ccc([C@@H]2c3sc(=O)[nH]c3S[C@@H]3C(=O)N(c4cccc(C(F)(F)F)c4)C(=O)[C@@H]23)cc1. The van der Waals surface area contributed by atoms with Gasteiger partial charge in [-0.15, -0.1) is 0 Å². The van der Waals surface area contributed by atoms with Gasteiger partial charge in [-0.3, -0.25) is 14.4 Å². The van der Waals surface area contributed by atoms with Gasteiger partial charge in [-0.1, -0.05) is 59.0 Å². The number of thioether (sulfide) groups is 1. The van der Waals surface area contributed by atoms with Crippen LogP contribution in [0.2, 0.25) is 0 Å². The van der Waals surface area contributed by atoms with Crippen molar-refractivity contribution in [2.24, 2.45) is 5.92 Å². The molecule has 1 saturated heterocycles. The second-order valence-electron chi connectivity index (χ2n) is 7.72. The summed E-state index contributed by atoms with van der Waals surface area (Å²) in [6.07, 6.45) is -4.60. The average molecular weight is 477 g/mol. The van der Waals surface area contributed by atoms with Gasteiger partial charge in [-0.2, -0.15) is 13.2 Å². The third-order valence-electron chi connectivity index (χ3n) is 5.69. The molecular weight excluding hydrogens is 461 g/mol. The van der Waals surface area contributed by atoms with E-state index < -0.39 is 40.6 Å². The van der Waals surface area contributed by atoms with Crippen LogP contribution in [-0.2, 0) is 15.8 Å². The number of anilines is 1. The first-order chi connectivity index (χ1) is 15.1. The van der Waals surface area contributed by atoms with Crippen LogP contribution in [-0.4, -0.2) is 22.0 Å². The van der Waals surface area contributed by atoms with Crippen LogP contribution in [0.25, 0.3) is 0 Å². The highest BCUT2D eigenvalue weighted by molar-refractivity contribution is 8.00. The molecule has 2 aliphatic rings. The lowest BCUT2D eigenvalue weighted by Gasteiger charge is -2.29. The Labute approximate surface area is 188 Å². The number of carbonyl (C=O) groups excluding carboxylic acids is 2. The van der Waals surface area contributed by atoms with Gasteiger partial charge in [0.2, 0.25) is 11.8 Å². The third kappa shape index (κ3) is 3.29. The van der Waals surface area contributed by atoms with Crippen molar-refractivity contribution >= 4 is 40.6 Å². The van der Waals surface area contributed by atoms with Crippen molar-refractivity contribution in [3.05, 3.63) is 79.8 Å². The van der Waals surface area contributed by atoms with Crippen LogP contribution in [0.1, 0.15) is 27.5 Å². The number of thiazole rings is 1. The minimum absolute atomic E-state index is 0.107. The maximum Gasteiger partial charge on any atom is 0.416 e. The lowest BCUT2D eigenvalue weighted by atomic mass is 9.83. The monoisotopic (exact) mass is 476 g/mol. The van der Waals surface area contributed by atoms with Crippen LogP contribution in [0.5, 0.6) is 0 Å². The predicted octanol–water partition coefficient (Wildman–Crippen LogP) is 4.56. The van der Waals surface area contributed by atoms with E-state index in [-0.39, 0.29) is 10.6 Å². The van der Waals surface area contributed by atoms with E-state index in [0.29, 0.717) is 9.90 Å². The van der Waals surface area contributed by atoms with Crippen molar-refractivity contribution in [2.75, 3.05) is 4.90 Å². The van der Waals surface area contributed by atoms with E-state index in [1.165, 1.54) is 12.1 Å². The Hall–Kier alpha value is -2.85. The number of hydrogen-bond donors (Lipinski definition) is 1. The number of aromatic nitrogens is 1. The highest BCUT2D eigenvalue weighted by Crippen LogP contribution is 2.53. The first kappa shape index (κ1) is 21.0. The molecule has 164 valence electrons. The highest BCUT2D eigenvalue weighted by Gasteiger charge is 2.56. The number of amides is 2. The number of aromatic amines is 1. The molecule has 10 heteroatoms. The van der Waals surface area contributed by atoms with Gasteiger partial charge in [-0.05, 0) is 30.7 Å². The maximum absolute atomic E-state index is 13.5. The Balaban J connectivity index is 1.62. The van der Waals surface area contributed by atoms with Crippen LogP contribution in [0.3, 0.4) is 0 Å². The van der Waals surface area contributed by atoms with Crippen molar-refractivity contribution in [3.8, 4) is 0 Å². The second kappa shape index (κ2) is 7.35. The van der Waals surface area contributed by atoms with Crippen LogP contribution in [0.4, 0.5) is 18.9 Å². The zero-order chi connectivity index (χ0) is 22.8. The Bertz CT molecular complexity index is 1300. The fourth-order valence-electron chi connectivity index (χ4n) is 4.23. The summed E-state index contributed by atoms with van der Waals surface area (Å²) in [5.41, 5.74) is 0.743. The Morgan fingerprint density at radius 3 is 2.41 bits per heavy atom. The van der Waals surface area contributed by atoms with Gasteiger partial charge in [0.15, 0.2) is 0 Å². The molecule has 2 amide bonds.